The Balaban J connectivity index is 1.02. The summed E-state index contributed by atoms with van der Waals surface area (Å²) in [5.74, 6) is 0. The zero-order valence-corrected chi connectivity index (χ0v) is 37.6. The monoisotopic (exact) mass is 874 g/mol. The molecule has 15 rings (SSSR count). The molecule has 0 amide bonds. The molecule has 0 N–H and O–H groups in total. The number of fused-ring (bicyclic) bond motifs is 19. The number of hydrogen-bond acceptors (Lipinski definition) is 1. The van der Waals surface area contributed by atoms with Crippen molar-refractivity contribution in [2.24, 2.45) is 0 Å². The maximum atomic E-state index is 2.54. The molecule has 0 radical (unpaired) electrons. The fourth-order valence-corrected chi connectivity index (χ4v) is 12.7. The van der Waals surface area contributed by atoms with Crippen molar-refractivity contribution in [2.45, 2.75) is 5.41 Å². The minimum absolute atomic E-state index is 0.468. The SMILES string of the molecule is c1ccc(-n2c3ccccc3c3c(-c4cccc(N(c5ccc6c7ccccc7c7ccccc7c6c5)c5cccc6c5-c5ccccc5C65c6ccccc6-c6ccccc65)c4)cccc32)cc1. The molecule has 0 saturated heterocycles. The summed E-state index contributed by atoms with van der Waals surface area (Å²) in [5, 5.41) is 10.1. The molecule has 0 bridgehead atoms. The number of rotatable bonds is 5. The fourth-order valence-electron chi connectivity index (χ4n) is 12.7. The van der Waals surface area contributed by atoms with E-state index in [1.54, 1.807) is 0 Å². The molecule has 1 aromatic heterocycles. The van der Waals surface area contributed by atoms with Crippen molar-refractivity contribution in [3.05, 3.63) is 277 Å². The molecule has 320 valence electrons. The smallest absolute Gasteiger partial charge is 0.0726 e. The lowest BCUT2D eigenvalue weighted by molar-refractivity contribution is 0.794. The molecule has 0 saturated carbocycles. The van der Waals surface area contributed by atoms with Crippen LogP contribution in [-0.4, -0.2) is 4.57 Å². The van der Waals surface area contributed by atoms with E-state index in [0.717, 1.165) is 22.7 Å². The van der Waals surface area contributed by atoms with E-state index in [1.807, 2.05) is 0 Å². The lowest BCUT2D eigenvalue weighted by Crippen LogP contribution is -2.26. The minimum Gasteiger partial charge on any atom is -0.310 e. The summed E-state index contributed by atoms with van der Waals surface area (Å²) < 4.78 is 2.41. The third-order valence-corrected chi connectivity index (χ3v) is 15.4. The van der Waals surface area contributed by atoms with Crippen LogP contribution in [0, 0.1) is 0 Å². The van der Waals surface area contributed by atoms with Crippen molar-refractivity contribution in [2.75, 3.05) is 4.90 Å². The third kappa shape index (κ3) is 5.20. The lowest BCUT2D eigenvalue weighted by atomic mass is 9.70. The molecule has 1 heterocycles. The quantitative estimate of drug-likeness (QED) is 0.156. The number of nitrogens with zero attached hydrogens (tertiary/aromatic N) is 2. The summed E-state index contributed by atoms with van der Waals surface area (Å²) in [5.41, 5.74) is 19.3. The van der Waals surface area contributed by atoms with Gasteiger partial charge in [-0.2, -0.15) is 0 Å². The highest BCUT2D eigenvalue weighted by atomic mass is 15.1. The second kappa shape index (κ2) is 14.5. The van der Waals surface area contributed by atoms with E-state index in [2.05, 4.69) is 264 Å². The molecule has 12 aromatic carbocycles. The van der Waals surface area contributed by atoms with Crippen molar-refractivity contribution in [1.29, 1.82) is 0 Å². The van der Waals surface area contributed by atoms with Crippen molar-refractivity contribution in [3.8, 4) is 39.1 Å². The van der Waals surface area contributed by atoms with E-state index in [1.165, 1.54) is 110 Å². The molecule has 69 heavy (non-hydrogen) atoms. The van der Waals surface area contributed by atoms with Gasteiger partial charge in [0.15, 0.2) is 0 Å². The maximum absolute atomic E-state index is 2.54. The first-order valence-corrected chi connectivity index (χ1v) is 24.0. The van der Waals surface area contributed by atoms with Crippen molar-refractivity contribution in [3.63, 3.8) is 0 Å². The number of benzene rings is 12. The highest BCUT2D eigenvalue weighted by molar-refractivity contribution is 6.26. The highest BCUT2D eigenvalue weighted by Gasteiger charge is 2.52. The maximum Gasteiger partial charge on any atom is 0.0726 e. The summed E-state index contributed by atoms with van der Waals surface area (Å²) in [4.78, 5) is 2.54. The highest BCUT2D eigenvalue weighted by Crippen LogP contribution is 2.64. The number of hydrogen-bond donors (Lipinski definition) is 0. The number of aromatic nitrogens is 1. The zero-order chi connectivity index (χ0) is 45.2. The van der Waals surface area contributed by atoms with Crippen LogP contribution in [-0.2, 0) is 5.41 Å². The Morgan fingerprint density at radius 1 is 0.304 bits per heavy atom. The van der Waals surface area contributed by atoms with Gasteiger partial charge in [-0.1, -0.05) is 200 Å². The number of anilines is 3. The molecular formula is C67H42N2. The van der Waals surface area contributed by atoms with Gasteiger partial charge in [0.2, 0.25) is 0 Å². The van der Waals surface area contributed by atoms with Crippen LogP contribution in [0.25, 0.3) is 93.2 Å². The van der Waals surface area contributed by atoms with E-state index in [4.69, 9.17) is 0 Å². The Bertz CT molecular complexity index is 4190. The minimum atomic E-state index is -0.468. The lowest BCUT2D eigenvalue weighted by Gasteiger charge is -2.32. The van der Waals surface area contributed by atoms with Gasteiger partial charge >= 0.3 is 0 Å². The average molecular weight is 875 g/mol. The topological polar surface area (TPSA) is 8.17 Å². The summed E-state index contributed by atoms with van der Waals surface area (Å²) in [6.07, 6.45) is 0. The zero-order valence-electron chi connectivity index (χ0n) is 37.6. The molecule has 2 nitrogen and oxygen atoms in total. The van der Waals surface area contributed by atoms with E-state index >= 15 is 0 Å². The molecule has 2 aliphatic rings. The van der Waals surface area contributed by atoms with Crippen LogP contribution in [0.2, 0.25) is 0 Å². The Morgan fingerprint density at radius 2 is 0.797 bits per heavy atom. The molecule has 1 spiro atoms. The van der Waals surface area contributed by atoms with Gasteiger partial charge in [0, 0.05) is 33.4 Å². The Hall–Kier alpha value is -8.98. The van der Waals surface area contributed by atoms with Crippen LogP contribution in [0.1, 0.15) is 22.3 Å². The molecule has 13 aromatic rings. The van der Waals surface area contributed by atoms with Gasteiger partial charge < -0.3 is 9.47 Å². The molecule has 2 heteroatoms. The van der Waals surface area contributed by atoms with Crippen molar-refractivity contribution in [1.82, 2.24) is 4.57 Å². The summed E-state index contributed by atoms with van der Waals surface area (Å²) >= 11 is 0. The fraction of sp³-hybridized carbons (Fsp3) is 0.0149. The molecule has 0 atom stereocenters. The second-order valence-corrected chi connectivity index (χ2v) is 18.7. The van der Waals surface area contributed by atoms with Crippen LogP contribution in [0.5, 0.6) is 0 Å². The predicted molar refractivity (Wildman–Crippen MR) is 290 cm³/mol. The standard InChI is InChI=1S/C67H42N2/c1-2-20-44(21-3-1)69-62-36-15-11-30-56(62)65-47(31-17-37-63(65)69)43-19-16-22-45(41-43)68(46-39-40-52-50-25-5-4-23-48(50)49-24-6-7-26-51(49)57(52)42-46)64-38-18-35-61-66(64)55-29-10-14-34-60(55)67(61)58-32-12-8-27-53(58)54-28-9-13-33-59(54)67/h1-42H. The molecule has 2 aliphatic carbocycles. The molecule has 0 fully saturated rings. The predicted octanol–water partition coefficient (Wildman–Crippen LogP) is 17.7. The molecule has 0 aliphatic heterocycles. The first kappa shape index (κ1) is 38.2. The van der Waals surface area contributed by atoms with Crippen LogP contribution in [0.4, 0.5) is 17.1 Å². The molecule has 0 unspecified atom stereocenters. The summed E-state index contributed by atoms with van der Waals surface area (Å²) in [6.45, 7) is 0. The summed E-state index contributed by atoms with van der Waals surface area (Å²) in [6, 6.07) is 95.0. The van der Waals surface area contributed by atoms with E-state index in [9.17, 15) is 0 Å². The van der Waals surface area contributed by atoms with Crippen LogP contribution in [0.15, 0.2) is 255 Å². The van der Waals surface area contributed by atoms with Gasteiger partial charge in [-0.05, 0) is 137 Å². The van der Waals surface area contributed by atoms with Gasteiger partial charge in [0.1, 0.15) is 0 Å². The number of para-hydroxylation sites is 2. The average Bonchev–Trinajstić information content (AvgIpc) is 4.04. The van der Waals surface area contributed by atoms with Gasteiger partial charge in [-0.25, -0.2) is 0 Å². The van der Waals surface area contributed by atoms with E-state index < -0.39 is 5.41 Å². The normalized spacial score (nSPS) is 13.0. The van der Waals surface area contributed by atoms with Crippen LogP contribution >= 0.6 is 0 Å². The van der Waals surface area contributed by atoms with Crippen LogP contribution in [0.3, 0.4) is 0 Å². The van der Waals surface area contributed by atoms with Gasteiger partial charge in [0.25, 0.3) is 0 Å². The van der Waals surface area contributed by atoms with Crippen molar-refractivity contribution >= 4 is 71.2 Å². The first-order valence-electron chi connectivity index (χ1n) is 24.0. The largest absolute Gasteiger partial charge is 0.310 e. The molecular weight excluding hydrogens is 833 g/mol. The third-order valence-electron chi connectivity index (χ3n) is 15.4. The first-order chi connectivity index (χ1) is 34.3. The Labute approximate surface area is 400 Å². The summed E-state index contributed by atoms with van der Waals surface area (Å²) in [7, 11) is 0. The van der Waals surface area contributed by atoms with Crippen molar-refractivity contribution < 1.29 is 0 Å². The van der Waals surface area contributed by atoms with Crippen LogP contribution < -0.4 is 4.90 Å². The van der Waals surface area contributed by atoms with Gasteiger partial charge in [0.05, 0.1) is 22.1 Å². The Kier molecular flexibility index (Phi) is 8.02. The van der Waals surface area contributed by atoms with Gasteiger partial charge in [-0.15, -0.1) is 0 Å². The Morgan fingerprint density at radius 3 is 1.51 bits per heavy atom. The van der Waals surface area contributed by atoms with E-state index in [-0.39, 0.29) is 0 Å². The second-order valence-electron chi connectivity index (χ2n) is 18.7. The van der Waals surface area contributed by atoms with E-state index in [0.29, 0.717) is 0 Å². The van der Waals surface area contributed by atoms with Gasteiger partial charge in [-0.3, -0.25) is 0 Å².